The van der Waals surface area contributed by atoms with Gasteiger partial charge in [-0.05, 0) is 30.5 Å². The van der Waals surface area contributed by atoms with Gasteiger partial charge in [-0.15, -0.1) is 12.4 Å². The first-order valence-corrected chi connectivity index (χ1v) is 9.85. The second-order valence-electron chi connectivity index (χ2n) is 6.47. The van der Waals surface area contributed by atoms with Crippen LogP contribution in [-0.2, 0) is 10.2 Å². The Morgan fingerprint density at radius 3 is 2.65 bits per heavy atom. The van der Waals surface area contributed by atoms with Crippen molar-refractivity contribution in [2.24, 2.45) is 0 Å². The molecule has 1 saturated carbocycles. The zero-order valence-corrected chi connectivity index (χ0v) is 16.6. The highest BCUT2D eigenvalue weighted by Crippen LogP contribution is 2.48. The molecule has 0 bridgehead atoms. The number of hydrogen-bond donors (Lipinski definition) is 1. The number of likely N-dealkylation sites (N-methyl/N-ethyl adjacent to an activating group) is 1. The van der Waals surface area contributed by atoms with Gasteiger partial charge >= 0.3 is 0 Å². The molecule has 1 atom stereocenters. The number of rotatable bonds is 5. The lowest BCUT2D eigenvalue weighted by Gasteiger charge is -2.28. The Balaban J connectivity index is 0.00000192. The van der Waals surface area contributed by atoms with E-state index in [1.165, 1.54) is 18.4 Å². The summed E-state index contributed by atoms with van der Waals surface area (Å²) in [6, 6.07) is 8.92. The van der Waals surface area contributed by atoms with Crippen molar-refractivity contribution in [2.45, 2.75) is 30.7 Å². The quantitative estimate of drug-likeness (QED) is 0.793. The van der Waals surface area contributed by atoms with Gasteiger partial charge in [0.2, 0.25) is 5.91 Å². The number of halogens is 2. The zero-order valence-electron chi connectivity index (χ0n) is 13.4. The van der Waals surface area contributed by atoms with E-state index in [0.717, 1.165) is 29.1 Å². The summed E-state index contributed by atoms with van der Waals surface area (Å²) in [5.74, 6) is 2.48. The van der Waals surface area contributed by atoms with Gasteiger partial charge in [-0.3, -0.25) is 4.79 Å². The molecule has 6 heteroatoms. The monoisotopic (exact) mass is 418 g/mol. The topological polar surface area (TPSA) is 32.3 Å². The number of carbonyl (C=O) groups excluding carboxylic acids is 1. The highest BCUT2D eigenvalue weighted by molar-refractivity contribution is 9.10. The van der Waals surface area contributed by atoms with Crippen molar-refractivity contribution in [3.8, 4) is 0 Å². The van der Waals surface area contributed by atoms with Crippen LogP contribution in [0.5, 0.6) is 0 Å². The van der Waals surface area contributed by atoms with Crippen molar-refractivity contribution in [1.82, 2.24) is 10.2 Å². The predicted octanol–water partition coefficient (Wildman–Crippen LogP) is 3.46. The van der Waals surface area contributed by atoms with Crippen molar-refractivity contribution >= 4 is 46.0 Å². The molecule has 2 fully saturated rings. The second-order valence-corrected chi connectivity index (χ2v) is 8.53. The van der Waals surface area contributed by atoms with Crippen LogP contribution in [0.1, 0.15) is 24.8 Å². The largest absolute Gasteiger partial charge is 0.345 e. The lowest BCUT2D eigenvalue weighted by Crippen LogP contribution is -2.43. The molecule has 1 unspecified atom stereocenters. The Bertz CT molecular complexity index is 530. The number of nitrogens with zero attached hydrogens (tertiary/aromatic N) is 1. The molecule has 3 nitrogen and oxygen atoms in total. The molecular weight excluding hydrogens is 396 g/mol. The van der Waals surface area contributed by atoms with Crippen LogP contribution in [0, 0.1) is 0 Å². The molecule has 1 aromatic rings. The van der Waals surface area contributed by atoms with E-state index in [4.69, 9.17) is 0 Å². The third kappa shape index (κ3) is 4.88. The molecule has 1 aliphatic carbocycles. The van der Waals surface area contributed by atoms with Gasteiger partial charge in [-0.1, -0.05) is 28.1 Å². The Morgan fingerprint density at radius 2 is 2.09 bits per heavy atom. The maximum absolute atomic E-state index is 12.5. The van der Waals surface area contributed by atoms with Crippen LogP contribution in [0.4, 0.5) is 0 Å². The van der Waals surface area contributed by atoms with Crippen LogP contribution >= 0.6 is 40.1 Å². The van der Waals surface area contributed by atoms with Crippen LogP contribution in [-0.4, -0.2) is 48.5 Å². The van der Waals surface area contributed by atoms with Gasteiger partial charge in [-0.25, -0.2) is 0 Å². The van der Waals surface area contributed by atoms with Crippen LogP contribution in [0.25, 0.3) is 0 Å². The second kappa shape index (κ2) is 8.24. The van der Waals surface area contributed by atoms with E-state index in [2.05, 4.69) is 45.5 Å². The van der Waals surface area contributed by atoms with Crippen LogP contribution in [0.3, 0.4) is 0 Å². The highest BCUT2D eigenvalue weighted by Gasteiger charge is 2.45. The van der Waals surface area contributed by atoms with E-state index in [-0.39, 0.29) is 23.7 Å². The number of carbonyl (C=O) groups is 1. The molecule has 0 spiro atoms. The summed E-state index contributed by atoms with van der Waals surface area (Å²) in [4.78, 5) is 14.4. The van der Waals surface area contributed by atoms with Gasteiger partial charge < -0.3 is 10.2 Å². The fourth-order valence-electron chi connectivity index (χ4n) is 3.15. The molecular formula is C17H24BrClN2OS. The molecule has 0 aromatic heterocycles. The molecule has 2 aliphatic rings. The summed E-state index contributed by atoms with van der Waals surface area (Å²) in [6.07, 6.45) is 2.99. The number of thioether (sulfide) groups is 1. The van der Waals surface area contributed by atoms with Crippen molar-refractivity contribution in [3.05, 3.63) is 34.3 Å². The lowest BCUT2D eigenvalue weighted by atomic mass is 9.95. The summed E-state index contributed by atoms with van der Waals surface area (Å²) in [6.45, 7) is 1.86. The van der Waals surface area contributed by atoms with Gasteiger partial charge in [-0.2, -0.15) is 11.8 Å². The van der Waals surface area contributed by atoms with E-state index >= 15 is 0 Å². The predicted molar refractivity (Wildman–Crippen MR) is 104 cm³/mol. The molecule has 1 saturated heterocycles. The molecule has 1 amide bonds. The summed E-state index contributed by atoms with van der Waals surface area (Å²) in [5.41, 5.74) is 1.56. The Hall–Kier alpha value is -0.230. The van der Waals surface area contributed by atoms with Crippen molar-refractivity contribution in [1.29, 1.82) is 0 Å². The highest BCUT2D eigenvalue weighted by atomic mass is 79.9. The molecule has 1 N–H and O–H groups in total. The summed E-state index contributed by atoms with van der Waals surface area (Å²) < 4.78 is 1.11. The fraction of sp³-hybridized carbons (Fsp3) is 0.588. The number of hydrogen-bond acceptors (Lipinski definition) is 3. The average molecular weight is 420 g/mol. The SMILES string of the molecule is CN(CC1(c2ccc(Br)cc2)CC1)C(=O)CC1CSCCN1.Cl. The zero-order chi connectivity index (χ0) is 15.6. The number of benzene rings is 1. The van der Waals surface area contributed by atoms with E-state index in [0.29, 0.717) is 12.5 Å². The van der Waals surface area contributed by atoms with Crippen molar-refractivity contribution in [3.63, 3.8) is 0 Å². The molecule has 1 aromatic carbocycles. The molecule has 3 rings (SSSR count). The summed E-state index contributed by atoms with van der Waals surface area (Å²) >= 11 is 5.43. The van der Waals surface area contributed by atoms with Crippen molar-refractivity contribution in [2.75, 3.05) is 31.6 Å². The van der Waals surface area contributed by atoms with E-state index in [1.807, 2.05) is 23.7 Å². The first-order valence-electron chi connectivity index (χ1n) is 7.90. The summed E-state index contributed by atoms with van der Waals surface area (Å²) in [7, 11) is 1.96. The molecule has 23 heavy (non-hydrogen) atoms. The van der Waals surface area contributed by atoms with Gasteiger partial charge in [0.25, 0.3) is 0 Å². The normalized spacial score (nSPS) is 22.1. The molecule has 1 heterocycles. The minimum absolute atomic E-state index is 0. The van der Waals surface area contributed by atoms with Gasteiger partial charge in [0.05, 0.1) is 0 Å². The first-order chi connectivity index (χ1) is 10.6. The Morgan fingerprint density at radius 1 is 1.39 bits per heavy atom. The van der Waals surface area contributed by atoms with Gasteiger partial charge in [0.15, 0.2) is 0 Å². The third-order valence-electron chi connectivity index (χ3n) is 4.70. The van der Waals surface area contributed by atoms with Crippen LogP contribution in [0.2, 0.25) is 0 Å². The van der Waals surface area contributed by atoms with E-state index < -0.39 is 0 Å². The molecule has 0 radical (unpaired) electrons. The smallest absolute Gasteiger partial charge is 0.223 e. The maximum Gasteiger partial charge on any atom is 0.223 e. The maximum atomic E-state index is 12.5. The fourth-order valence-corrected chi connectivity index (χ4v) is 4.37. The number of nitrogens with one attached hydrogen (secondary N) is 1. The van der Waals surface area contributed by atoms with Gasteiger partial charge in [0, 0.05) is 54.0 Å². The number of amides is 1. The molecule has 1 aliphatic heterocycles. The average Bonchev–Trinajstić information content (AvgIpc) is 3.29. The van der Waals surface area contributed by atoms with Crippen LogP contribution in [0.15, 0.2) is 28.7 Å². The first kappa shape index (κ1) is 19.1. The third-order valence-corrected chi connectivity index (χ3v) is 6.35. The minimum atomic E-state index is 0. The van der Waals surface area contributed by atoms with Gasteiger partial charge in [0.1, 0.15) is 0 Å². The minimum Gasteiger partial charge on any atom is -0.345 e. The lowest BCUT2D eigenvalue weighted by molar-refractivity contribution is -0.130. The van der Waals surface area contributed by atoms with E-state index in [9.17, 15) is 4.79 Å². The Kier molecular flexibility index (Phi) is 6.84. The summed E-state index contributed by atoms with van der Waals surface area (Å²) in [5, 5.41) is 3.45. The van der Waals surface area contributed by atoms with Crippen molar-refractivity contribution < 1.29 is 4.79 Å². The molecule has 128 valence electrons. The standard InChI is InChI=1S/C17H23BrN2OS.ClH/c1-20(16(21)10-15-11-22-9-8-19-15)12-17(6-7-17)13-2-4-14(18)5-3-13;/h2-5,15,19H,6-12H2,1H3;1H. The van der Waals surface area contributed by atoms with Crippen LogP contribution < -0.4 is 5.32 Å². The van der Waals surface area contributed by atoms with E-state index in [1.54, 1.807) is 0 Å². The Labute approximate surface area is 157 Å².